The molecule has 1 fully saturated rings. The molecular formula is C20H28N6. The van der Waals surface area contributed by atoms with Crippen molar-refractivity contribution in [2.24, 2.45) is 0 Å². The van der Waals surface area contributed by atoms with Gasteiger partial charge in [-0.15, -0.1) is 0 Å². The first-order valence-electron chi connectivity index (χ1n) is 9.56. The minimum Gasteiger partial charge on any atom is -0.382 e. The van der Waals surface area contributed by atoms with Crippen LogP contribution in [0.1, 0.15) is 75.1 Å². The van der Waals surface area contributed by atoms with Gasteiger partial charge in [0.25, 0.3) is 0 Å². The number of allylic oxidation sites excluding steroid dienone is 2. The summed E-state index contributed by atoms with van der Waals surface area (Å²) in [5.41, 5.74) is 14.4. The van der Waals surface area contributed by atoms with Crippen molar-refractivity contribution in [1.82, 2.24) is 19.9 Å². The van der Waals surface area contributed by atoms with Crippen molar-refractivity contribution < 1.29 is 0 Å². The topological polar surface area (TPSA) is 104 Å². The molecule has 6 heteroatoms. The second-order valence-electron chi connectivity index (χ2n) is 7.00. The zero-order valence-corrected chi connectivity index (χ0v) is 15.3. The second kappa shape index (κ2) is 9.27. The van der Waals surface area contributed by atoms with Gasteiger partial charge in [-0.3, -0.25) is 9.97 Å². The fraction of sp³-hybridized carbons (Fsp3) is 0.500. The van der Waals surface area contributed by atoms with Crippen molar-refractivity contribution in [2.75, 3.05) is 11.5 Å². The molecule has 2 heterocycles. The van der Waals surface area contributed by atoms with E-state index in [4.69, 9.17) is 11.5 Å². The zero-order valence-electron chi connectivity index (χ0n) is 15.3. The molecule has 0 unspecified atom stereocenters. The number of anilines is 2. The van der Waals surface area contributed by atoms with E-state index in [1.165, 1.54) is 56.9 Å². The predicted molar refractivity (Wildman–Crippen MR) is 105 cm³/mol. The lowest BCUT2D eigenvalue weighted by molar-refractivity contribution is 0.436. The molecule has 4 N–H and O–H groups in total. The molecule has 0 spiro atoms. The third-order valence-corrected chi connectivity index (χ3v) is 5.01. The normalized spacial score (nSPS) is 17.8. The highest BCUT2D eigenvalue weighted by atomic mass is 14.9. The zero-order chi connectivity index (χ0) is 18.2. The molecule has 0 radical (unpaired) electrons. The number of hydrogen-bond donors (Lipinski definition) is 2. The molecule has 2 aliphatic carbocycles. The molecule has 0 aromatic carbocycles. The summed E-state index contributed by atoms with van der Waals surface area (Å²) in [4.78, 5) is 16.7. The molecule has 0 amide bonds. The van der Waals surface area contributed by atoms with E-state index in [0.29, 0.717) is 17.6 Å². The SMILES string of the molecule is Nc1cnc(C2=CCCCC2)cn1.Nc1cnc(C2CCCCC2)cn1. The molecule has 2 aromatic rings. The van der Waals surface area contributed by atoms with Crippen LogP contribution in [0.4, 0.5) is 11.6 Å². The Morgan fingerprint density at radius 3 is 2.04 bits per heavy atom. The summed E-state index contributed by atoms with van der Waals surface area (Å²) in [6, 6.07) is 0. The van der Waals surface area contributed by atoms with Gasteiger partial charge in [-0.2, -0.15) is 0 Å². The summed E-state index contributed by atoms with van der Waals surface area (Å²) < 4.78 is 0. The Bertz CT molecular complexity index is 702. The fourth-order valence-electron chi connectivity index (χ4n) is 3.53. The highest BCUT2D eigenvalue weighted by Gasteiger charge is 2.16. The highest BCUT2D eigenvalue weighted by Crippen LogP contribution is 2.31. The van der Waals surface area contributed by atoms with Crippen molar-refractivity contribution in [2.45, 2.75) is 63.7 Å². The standard InChI is InChI=1S/C10H15N3.C10H13N3/c2*11-10-7-12-9(6-13-10)8-4-2-1-3-5-8/h6-8H,1-5H2,(H2,11,13);4,6-7H,1-3,5H2,(H2,11,13). The van der Waals surface area contributed by atoms with Gasteiger partial charge in [0, 0.05) is 5.92 Å². The van der Waals surface area contributed by atoms with E-state index < -0.39 is 0 Å². The Labute approximate surface area is 155 Å². The van der Waals surface area contributed by atoms with E-state index in [0.717, 1.165) is 17.8 Å². The second-order valence-corrected chi connectivity index (χ2v) is 7.00. The quantitative estimate of drug-likeness (QED) is 0.842. The number of hydrogen-bond acceptors (Lipinski definition) is 6. The van der Waals surface area contributed by atoms with Crippen molar-refractivity contribution in [3.8, 4) is 0 Å². The van der Waals surface area contributed by atoms with Gasteiger partial charge in [-0.25, -0.2) is 9.97 Å². The highest BCUT2D eigenvalue weighted by molar-refractivity contribution is 5.62. The van der Waals surface area contributed by atoms with Crippen molar-refractivity contribution in [1.29, 1.82) is 0 Å². The Morgan fingerprint density at radius 2 is 1.46 bits per heavy atom. The smallest absolute Gasteiger partial charge is 0.141 e. The predicted octanol–water partition coefficient (Wildman–Crippen LogP) is 4.12. The van der Waals surface area contributed by atoms with Crippen LogP contribution >= 0.6 is 0 Å². The average Bonchev–Trinajstić information content (AvgIpc) is 2.71. The summed E-state index contributed by atoms with van der Waals surface area (Å²) >= 11 is 0. The lowest BCUT2D eigenvalue weighted by atomic mass is 9.87. The Hall–Kier alpha value is -2.50. The van der Waals surface area contributed by atoms with Crippen LogP contribution in [0.2, 0.25) is 0 Å². The van der Waals surface area contributed by atoms with Gasteiger partial charge in [-0.05, 0) is 44.1 Å². The van der Waals surface area contributed by atoms with E-state index in [1.807, 2.05) is 6.20 Å². The van der Waals surface area contributed by atoms with E-state index in [2.05, 4.69) is 26.0 Å². The number of nitrogen functional groups attached to an aromatic ring is 2. The molecule has 0 bridgehead atoms. The average molecular weight is 352 g/mol. The van der Waals surface area contributed by atoms with Crippen LogP contribution in [0.15, 0.2) is 30.9 Å². The molecule has 0 aliphatic heterocycles. The van der Waals surface area contributed by atoms with Crippen LogP contribution in [0.25, 0.3) is 5.57 Å². The van der Waals surface area contributed by atoms with Crippen LogP contribution in [-0.2, 0) is 0 Å². The summed E-state index contributed by atoms with van der Waals surface area (Å²) in [7, 11) is 0. The van der Waals surface area contributed by atoms with Gasteiger partial charge >= 0.3 is 0 Å². The number of nitrogens with two attached hydrogens (primary N) is 2. The van der Waals surface area contributed by atoms with Crippen molar-refractivity contribution in [3.05, 3.63) is 42.3 Å². The molecule has 0 atom stereocenters. The summed E-state index contributed by atoms with van der Waals surface area (Å²) in [6.07, 6.45) is 20.5. The van der Waals surface area contributed by atoms with Gasteiger partial charge in [0.1, 0.15) is 11.6 Å². The lowest BCUT2D eigenvalue weighted by Gasteiger charge is -2.20. The summed E-state index contributed by atoms with van der Waals surface area (Å²) in [6.45, 7) is 0. The molecular weight excluding hydrogens is 324 g/mol. The fourth-order valence-corrected chi connectivity index (χ4v) is 3.53. The largest absolute Gasteiger partial charge is 0.382 e. The van der Waals surface area contributed by atoms with Gasteiger partial charge in [-0.1, -0.05) is 25.3 Å². The maximum absolute atomic E-state index is 5.48. The molecule has 26 heavy (non-hydrogen) atoms. The Kier molecular flexibility index (Phi) is 6.52. The molecule has 138 valence electrons. The van der Waals surface area contributed by atoms with E-state index in [9.17, 15) is 0 Å². The lowest BCUT2D eigenvalue weighted by Crippen LogP contribution is -2.07. The van der Waals surface area contributed by atoms with Gasteiger partial charge in [0.2, 0.25) is 0 Å². The van der Waals surface area contributed by atoms with Crippen LogP contribution < -0.4 is 11.5 Å². The van der Waals surface area contributed by atoms with Gasteiger partial charge in [0.05, 0.1) is 36.2 Å². The first-order valence-corrected chi connectivity index (χ1v) is 9.56. The van der Waals surface area contributed by atoms with Crippen LogP contribution in [0.3, 0.4) is 0 Å². The Balaban J connectivity index is 0.000000151. The van der Waals surface area contributed by atoms with E-state index in [1.54, 1.807) is 18.6 Å². The van der Waals surface area contributed by atoms with Crippen molar-refractivity contribution >= 4 is 17.2 Å². The van der Waals surface area contributed by atoms with Gasteiger partial charge in [0.15, 0.2) is 0 Å². The van der Waals surface area contributed by atoms with Crippen LogP contribution in [0, 0.1) is 0 Å². The molecule has 4 rings (SSSR count). The van der Waals surface area contributed by atoms with Gasteiger partial charge < -0.3 is 11.5 Å². The molecule has 0 saturated heterocycles. The maximum atomic E-state index is 5.48. The summed E-state index contributed by atoms with van der Waals surface area (Å²) in [5, 5.41) is 0. The number of rotatable bonds is 2. The monoisotopic (exact) mass is 352 g/mol. The molecule has 2 aromatic heterocycles. The number of nitrogens with zero attached hydrogens (tertiary/aromatic N) is 4. The maximum Gasteiger partial charge on any atom is 0.141 e. The third-order valence-electron chi connectivity index (χ3n) is 5.01. The molecule has 1 saturated carbocycles. The van der Waals surface area contributed by atoms with E-state index in [-0.39, 0.29) is 0 Å². The molecule has 6 nitrogen and oxygen atoms in total. The van der Waals surface area contributed by atoms with Crippen LogP contribution in [0.5, 0.6) is 0 Å². The minimum absolute atomic E-state index is 0.486. The summed E-state index contributed by atoms with van der Waals surface area (Å²) in [5.74, 6) is 1.63. The minimum atomic E-state index is 0.486. The Morgan fingerprint density at radius 1 is 0.731 bits per heavy atom. The van der Waals surface area contributed by atoms with Crippen LogP contribution in [-0.4, -0.2) is 19.9 Å². The first-order chi connectivity index (χ1) is 12.7. The number of aromatic nitrogens is 4. The molecule has 2 aliphatic rings. The van der Waals surface area contributed by atoms with E-state index >= 15 is 0 Å². The van der Waals surface area contributed by atoms with Crippen molar-refractivity contribution in [3.63, 3.8) is 0 Å². The first kappa shape index (κ1) is 18.3. The third kappa shape index (κ3) is 5.25.